The number of nitrogens with zero attached hydrogens (tertiary/aromatic N) is 1. The first-order chi connectivity index (χ1) is 8.74. The maximum Gasteiger partial charge on any atom is 0.0773 e. The van der Waals surface area contributed by atoms with Crippen LogP contribution in [-0.2, 0) is 11.2 Å². The van der Waals surface area contributed by atoms with E-state index in [9.17, 15) is 0 Å². The van der Waals surface area contributed by atoms with Crippen LogP contribution in [0.2, 0.25) is 0 Å². The average molecular weight is 314 g/mol. The topological polar surface area (TPSA) is 60.2 Å². The number of ether oxygens (including phenoxy) is 1. The molecule has 2 atom stereocenters. The highest BCUT2D eigenvalue weighted by Crippen LogP contribution is 2.36. The van der Waals surface area contributed by atoms with Gasteiger partial charge in [0.05, 0.1) is 12.1 Å². The van der Waals surface area contributed by atoms with Crippen molar-refractivity contribution in [3.63, 3.8) is 0 Å². The Hall–Kier alpha value is -0.490. The molecule has 100 valence electrons. The van der Waals surface area contributed by atoms with Gasteiger partial charge in [0.1, 0.15) is 0 Å². The Balaban J connectivity index is 2.00. The van der Waals surface area contributed by atoms with E-state index < -0.39 is 0 Å². The van der Waals surface area contributed by atoms with Gasteiger partial charge in [-0.05, 0) is 53.7 Å². The van der Waals surface area contributed by atoms with Crippen LogP contribution in [0.4, 0.5) is 0 Å². The summed E-state index contributed by atoms with van der Waals surface area (Å²) in [6, 6.07) is 4.15. The molecule has 2 rings (SSSR count). The first-order valence-corrected chi connectivity index (χ1v) is 7.22. The number of halogens is 1. The quantitative estimate of drug-likeness (QED) is 0.597. The maximum absolute atomic E-state index is 5.84. The average Bonchev–Trinajstić information content (AvgIpc) is 3.20. The number of rotatable bonds is 7. The molecule has 4 nitrogen and oxygen atoms in total. The van der Waals surface area contributed by atoms with E-state index in [0.29, 0.717) is 5.92 Å². The summed E-state index contributed by atoms with van der Waals surface area (Å²) in [4.78, 5) is 4.39. The van der Waals surface area contributed by atoms with Crippen molar-refractivity contribution < 1.29 is 4.74 Å². The van der Waals surface area contributed by atoms with E-state index in [0.717, 1.165) is 23.2 Å². The Morgan fingerprint density at radius 2 is 2.33 bits per heavy atom. The number of hydrogen-bond donors (Lipinski definition) is 2. The first kappa shape index (κ1) is 13.9. The second-order valence-electron chi connectivity index (χ2n) is 4.70. The molecule has 1 fully saturated rings. The normalized spacial score (nSPS) is 18.6. The minimum absolute atomic E-state index is 0.131. The first-order valence-electron chi connectivity index (χ1n) is 6.42. The van der Waals surface area contributed by atoms with Crippen molar-refractivity contribution in [2.45, 2.75) is 38.3 Å². The Bertz CT molecular complexity index is 367. The van der Waals surface area contributed by atoms with Crippen LogP contribution in [0, 0.1) is 5.92 Å². The van der Waals surface area contributed by atoms with Crippen LogP contribution in [0.5, 0.6) is 0 Å². The second-order valence-corrected chi connectivity index (χ2v) is 5.62. The summed E-state index contributed by atoms with van der Waals surface area (Å²) in [7, 11) is 0. The summed E-state index contributed by atoms with van der Waals surface area (Å²) in [6.45, 7) is 2.76. The van der Waals surface area contributed by atoms with Gasteiger partial charge in [-0.3, -0.25) is 16.3 Å². The zero-order chi connectivity index (χ0) is 13.0. The Morgan fingerprint density at radius 1 is 1.56 bits per heavy atom. The van der Waals surface area contributed by atoms with Crippen molar-refractivity contribution in [1.29, 1.82) is 0 Å². The molecule has 1 aromatic heterocycles. The molecule has 0 amide bonds. The van der Waals surface area contributed by atoms with Gasteiger partial charge in [0.2, 0.25) is 0 Å². The van der Waals surface area contributed by atoms with E-state index in [1.807, 2.05) is 25.3 Å². The Morgan fingerprint density at radius 3 is 2.83 bits per heavy atom. The molecule has 1 aromatic rings. The molecule has 18 heavy (non-hydrogen) atoms. The van der Waals surface area contributed by atoms with Gasteiger partial charge < -0.3 is 4.74 Å². The van der Waals surface area contributed by atoms with Gasteiger partial charge in [0.25, 0.3) is 0 Å². The van der Waals surface area contributed by atoms with Crippen LogP contribution >= 0.6 is 15.9 Å². The van der Waals surface area contributed by atoms with Crippen molar-refractivity contribution in [3.05, 3.63) is 28.5 Å². The summed E-state index contributed by atoms with van der Waals surface area (Å²) in [6.07, 6.45) is 5.30. The van der Waals surface area contributed by atoms with Crippen LogP contribution in [0.15, 0.2) is 22.8 Å². The zero-order valence-corrected chi connectivity index (χ0v) is 12.2. The van der Waals surface area contributed by atoms with Crippen molar-refractivity contribution in [1.82, 2.24) is 10.4 Å². The highest BCUT2D eigenvalue weighted by atomic mass is 79.9. The van der Waals surface area contributed by atoms with Crippen LogP contribution in [0.3, 0.4) is 0 Å². The molecular weight excluding hydrogens is 294 g/mol. The summed E-state index contributed by atoms with van der Waals surface area (Å²) in [5, 5.41) is 0. The van der Waals surface area contributed by atoms with E-state index in [1.165, 1.54) is 12.8 Å². The highest BCUT2D eigenvalue weighted by molar-refractivity contribution is 9.10. The number of nitrogens with one attached hydrogen (secondary N) is 1. The molecule has 0 radical (unpaired) electrons. The Labute approximate surface area is 116 Å². The van der Waals surface area contributed by atoms with Crippen LogP contribution in [0.25, 0.3) is 0 Å². The fraction of sp³-hybridized carbons (Fsp3) is 0.615. The lowest BCUT2D eigenvalue weighted by Gasteiger charge is -2.26. The summed E-state index contributed by atoms with van der Waals surface area (Å²) in [5.41, 5.74) is 3.93. The molecule has 1 aliphatic rings. The number of aromatic nitrogens is 1. The molecule has 0 aliphatic heterocycles. The van der Waals surface area contributed by atoms with E-state index in [-0.39, 0.29) is 12.1 Å². The lowest BCUT2D eigenvalue weighted by Crippen LogP contribution is -2.47. The van der Waals surface area contributed by atoms with Gasteiger partial charge in [0, 0.05) is 29.4 Å². The molecule has 0 saturated heterocycles. The SMILES string of the molecule is CCOC(C1CC1)C(Cc1ccc(Br)cn1)NN. The van der Waals surface area contributed by atoms with Gasteiger partial charge >= 0.3 is 0 Å². The van der Waals surface area contributed by atoms with E-state index in [4.69, 9.17) is 10.6 Å². The smallest absolute Gasteiger partial charge is 0.0773 e. The lowest BCUT2D eigenvalue weighted by molar-refractivity contribution is 0.0189. The molecule has 1 aliphatic carbocycles. The minimum Gasteiger partial charge on any atom is -0.377 e. The van der Waals surface area contributed by atoms with Gasteiger partial charge in [-0.2, -0.15) is 0 Å². The number of hydrogen-bond acceptors (Lipinski definition) is 4. The predicted octanol–water partition coefficient (Wildman–Crippen LogP) is 2.03. The van der Waals surface area contributed by atoms with Gasteiger partial charge in [-0.1, -0.05) is 0 Å². The summed E-state index contributed by atoms with van der Waals surface area (Å²) < 4.78 is 6.83. The third kappa shape index (κ3) is 3.75. The summed E-state index contributed by atoms with van der Waals surface area (Å²) >= 11 is 3.39. The largest absolute Gasteiger partial charge is 0.377 e. The Kier molecular flexibility index (Phi) is 5.12. The summed E-state index contributed by atoms with van der Waals surface area (Å²) in [5.74, 6) is 6.33. The molecule has 3 N–H and O–H groups in total. The molecular formula is C13H20BrN3O. The third-order valence-electron chi connectivity index (χ3n) is 3.27. The van der Waals surface area contributed by atoms with E-state index in [2.05, 4.69) is 26.3 Å². The van der Waals surface area contributed by atoms with Crippen molar-refractivity contribution in [2.75, 3.05) is 6.61 Å². The zero-order valence-electron chi connectivity index (χ0n) is 10.6. The molecule has 5 heteroatoms. The number of hydrazine groups is 1. The fourth-order valence-corrected chi connectivity index (χ4v) is 2.45. The van der Waals surface area contributed by atoms with Gasteiger partial charge in [-0.15, -0.1) is 0 Å². The van der Waals surface area contributed by atoms with Gasteiger partial charge in [-0.25, -0.2) is 0 Å². The molecule has 0 aromatic carbocycles. The monoisotopic (exact) mass is 313 g/mol. The third-order valence-corrected chi connectivity index (χ3v) is 3.74. The molecule has 2 unspecified atom stereocenters. The fourth-order valence-electron chi connectivity index (χ4n) is 2.22. The van der Waals surface area contributed by atoms with Gasteiger partial charge in [0.15, 0.2) is 0 Å². The van der Waals surface area contributed by atoms with E-state index >= 15 is 0 Å². The highest BCUT2D eigenvalue weighted by Gasteiger charge is 2.37. The minimum atomic E-state index is 0.131. The van der Waals surface area contributed by atoms with Crippen LogP contribution in [0.1, 0.15) is 25.5 Å². The van der Waals surface area contributed by atoms with Crippen molar-refractivity contribution in [2.24, 2.45) is 11.8 Å². The predicted molar refractivity (Wildman–Crippen MR) is 74.9 cm³/mol. The van der Waals surface area contributed by atoms with Crippen LogP contribution in [-0.4, -0.2) is 23.7 Å². The van der Waals surface area contributed by atoms with E-state index in [1.54, 1.807) is 0 Å². The van der Waals surface area contributed by atoms with Crippen LogP contribution < -0.4 is 11.3 Å². The van der Waals surface area contributed by atoms with Crippen molar-refractivity contribution in [3.8, 4) is 0 Å². The number of nitrogens with two attached hydrogens (primary N) is 1. The van der Waals surface area contributed by atoms with Crippen molar-refractivity contribution >= 4 is 15.9 Å². The molecule has 1 heterocycles. The molecule has 1 saturated carbocycles. The standard InChI is InChI=1S/C13H20BrN3O/c1-2-18-13(9-3-4-9)12(17-15)7-11-6-5-10(14)8-16-11/h5-6,8-9,12-13,17H,2-4,7,15H2,1H3. The molecule has 0 bridgehead atoms. The number of pyridine rings is 1. The maximum atomic E-state index is 5.84. The molecule has 0 spiro atoms. The second kappa shape index (κ2) is 6.61. The lowest BCUT2D eigenvalue weighted by atomic mass is 10.0.